The molecule has 0 aromatic carbocycles. The van der Waals surface area contributed by atoms with Crippen LogP contribution in [0.2, 0.25) is 0 Å². The van der Waals surface area contributed by atoms with Crippen LogP contribution in [0, 0.1) is 0 Å². The third-order valence-corrected chi connectivity index (χ3v) is 2.81. The highest BCUT2D eigenvalue weighted by Gasteiger charge is 2.10. The van der Waals surface area contributed by atoms with Gasteiger partial charge in [0.1, 0.15) is 0 Å². The van der Waals surface area contributed by atoms with Gasteiger partial charge in [0.15, 0.2) is 11.1 Å². The van der Waals surface area contributed by atoms with Gasteiger partial charge in [0, 0.05) is 19.1 Å². The van der Waals surface area contributed by atoms with Crippen molar-refractivity contribution < 1.29 is 8.76 Å². The first-order valence-corrected chi connectivity index (χ1v) is 6.08. The van der Waals surface area contributed by atoms with Crippen molar-refractivity contribution in [1.82, 2.24) is 10.6 Å². The Morgan fingerprint density at radius 2 is 2.38 bits per heavy atom. The predicted octanol–water partition coefficient (Wildman–Crippen LogP) is -0.0602. The smallest absolute Gasteiger partial charge is 0.154 e. The fraction of sp³-hybridized carbons (Fsp3) is 1.00. The maximum absolute atomic E-state index is 10.4. The summed E-state index contributed by atoms with van der Waals surface area (Å²) >= 11 is -1.66. The second-order valence-corrected chi connectivity index (χ2v) is 4.43. The zero-order valence-corrected chi connectivity index (χ0v) is 8.61. The average molecular weight is 206 g/mol. The molecule has 0 aromatic rings. The Bertz CT molecular complexity index is 158. The van der Waals surface area contributed by atoms with Crippen LogP contribution in [-0.4, -0.2) is 40.2 Å². The lowest BCUT2D eigenvalue weighted by molar-refractivity contribution is 0.484. The summed E-state index contributed by atoms with van der Waals surface area (Å²) < 4.78 is 18.9. The lowest BCUT2D eigenvalue weighted by Gasteiger charge is -2.15. The standard InChI is InChI=1S/C8H18N2O2S/c11-13(12)6-5-10-8-3-1-2-4-9-7-8/h8-10H,1-7H2,(H,11,12). The molecule has 5 heteroatoms. The minimum atomic E-state index is -1.66. The van der Waals surface area contributed by atoms with Gasteiger partial charge < -0.3 is 15.2 Å². The molecular weight excluding hydrogens is 188 g/mol. The quantitative estimate of drug-likeness (QED) is 0.564. The van der Waals surface area contributed by atoms with Crippen molar-refractivity contribution in [1.29, 1.82) is 0 Å². The van der Waals surface area contributed by atoms with Crippen LogP contribution in [-0.2, 0) is 11.1 Å². The monoisotopic (exact) mass is 206 g/mol. The van der Waals surface area contributed by atoms with Crippen molar-refractivity contribution in [2.75, 3.05) is 25.4 Å². The van der Waals surface area contributed by atoms with Crippen LogP contribution >= 0.6 is 0 Å². The van der Waals surface area contributed by atoms with Gasteiger partial charge in [0.05, 0.1) is 5.75 Å². The molecule has 1 fully saturated rings. The van der Waals surface area contributed by atoms with Gasteiger partial charge in [0.2, 0.25) is 0 Å². The number of hydrogen-bond donors (Lipinski definition) is 3. The van der Waals surface area contributed by atoms with E-state index in [2.05, 4.69) is 10.6 Å². The van der Waals surface area contributed by atoms with Gasteiger partial charge in [-0.25, -0.2) is 4.21 Å². The van der Waals surface area contributed by atoms with Crippen molar-refractivity contribution in [3.63, 3.8) is 0 Å². The van der Waals surface area contributed by atoms with E-state index in [9.17, 15) is 4.21 Å². The molecule has 0 saturated carbocycles. The van der Waals surface area contributed by atoms with Crippen molar-refractivity contribution in [2.45, 2.75) is 25.3 Å². The van der Waals surface area contributed by atoms with E-state index in [1.54, 1.807) is 0 Å². The highest BCUT2D eigenvalue weighted by atomic mass is 32.2. The average Bonchev–Trinajstić information content (AvgIpc) is 2.32. The van der Waals surface area contributed by atoms with Crippen LogP contribution in [0.25, 0.3) is 0 Å². The fourth-order valence-corrected chi connectivity index (χ4v) is 1.84. The first-order chi connectivity index (χ1) is 6.29. The van der Waals surface area contributed by atoms with Crippen molar-refractivity contribution >= 4 is 11.1 Å². The van der Waals surface area contributed by atoms with E-state index in [-0.39, 0.29) is 0 Å². The Balaban J connectivity index is 2.08. The summed E-state index contributed by atoms with van der Waals surface area (Å²) in [4.78, 5) is 0. The van der Waals surface area contributed by atoms with E-state index >= 15 is 0 Å². The lowest BCUT2D eigenvalue weighted by atomic mass is 10.1. The number of hydrogen-bond acceptors (Lipinski definition) is 3. The molecule has 0 aromatic heterocycles. The molecule has 4 nitrogen and oxygen atoms in total. The summed E-state index contributed by atoms with van der Waals surface area (Å²) in [6.45, 7) is 2.72. The van der Waals surface area contributed by atoms with Gasteiger partial charge in [-0.2, -0.15) is 0 Å². The first kappa shape index (κ1) is 11.1. The molecular formula is C8H18N2O2S. The van der Waals surface area contributed by atoms with Crippen molar-refractivity contribution in [3.05, 3.63) is 0 Å². The molecule has 1 aliphatic rings. The molecule has 0 spiro atoms. The summed E-state index contributed by atoms with van der Waals surface area (Å²) in [5, 5.41) is 6.61. The van der Waals surface area contributed by atoms with Crippen LogP contribution < -0.4 is 10.6 Å². The molecule has 2 unspecified atom stereocenters. The molecule has 1 saturated heterocycles. The third-order valence-electron chi connectivity index (χ3n) is 2.26. The Labute approximate surface area is 81.8 Å². The minimum Gasteiger partial charge on any atom is -0.315 e. The molecule has 3 N–H and O–H groups in total. The summed E-state index contributed by atoms with van der Waals surface area (Å²) in [5.41, 5.74) is 0. The SMILES string of the molecule is O=S(O)CCNC1CCCCNC1. The third kappa shape index (κ3) is 5.36. The highest BCUT2D eigenvalue weighted by Crippen LogP contribution is 2.03. The molecule has 0 radical (unpaired) electrons. The van der Waals surface area contributed by atoms with Gasteiger partial charge in [-0.15, -0.1) is 0 Å². The molecule has 13 heavy (non-hydrogen) atoms. The van der Waals surface area contributed by atoms with E-state index in [4.69, 9.17) is 4.55 Å². The number of nitrogens with one attached hydrogen (secondary N) is 2. The molecule has 78 valence electrons. The molecule has 0 bridgehead atoms. The molecule has 1 heterocycles. The lowest BCUT2D eigenvalue weighted by Crippen LogP contribution is -2.38. The normalized spacial score (nSPS) is 26.7. The maximum atomic E-state index is 10.4. The van der Waals surface area contributed by atoms with Crippen molar-refractivity contribution in [2.24, 2.45) is 0 Å². The van der Waals surface area contributed by atoms with Crippen LogP contribution in [0.1, 0.15) is 19.3 Å². The van der Waals surface area contributed by atoms with Crippen molar-refractivity contribution in [3.8, 4) is 0 Å². The summed E-state index contributed by atoms with van der Waals surface area (Å²) in [5.74, 6) is 0.330. The first-order valence-electron chi connectivity index (χ1n) is 4.80. The summed E-state index contributed by atoms with van der Waals surface area (Å²) in [6.07, 6.45) is 3.65. The molecule has 0 aliphatic carbocycles. The van der Waals surface area contributed by atoms with Crippen LogP contribution in [0.15, 0.2) is 0 Å². The Hall–Kier alpha value is 0.0300. The van der Waals surface area contributed by atoms with Gasteiger partial charge in [-0.05, 0) is 19.4 Å². The number of rotatable bonds is 4. The van der Waals surface area contributed by atoms with E-state index in [1.165, 1.54) is 19.3 Å². The fourth-order valence-electron chi connectivity index (χ4n) is 1.54. The zero-order valence-electron chi connectivity index (χ0n) is 7.79. The van der Waals surface area contributed by atoms with Gasteiger partial charge in [-0.3, -0.25) is 0 Å². The topological polar surface area (TPSA) is 61.4 Å². The van der Waals surface area contributed by atoms with Gasteiger partial charge in [0.25, 0.3) is 0 Å². The Morgan fingerprint density at radius 1 is 1.54 bits per heavy atom. The van der Waals surface area contributed by atoms with Crippen LogP contribution in [0.3, 0.4) is 0 Å². The van der Waals surface area contributed by atoms with E-state index in [0.29, 0.717) is 18.3 Å². The molecule has 0 amide bonds. The summed E-state index contributed by atoms with van der Waals surface area (Å²) in [6, 6.07) is 0.478. The summed E-state index contributed by atoms with van der Waals surface area (Å²) in [7, 11) is 0. The largest absolute Gasteiger partial charge is 0.315 e. The Kier molecular flexibility index (Phi) is 5.54. The predicted molar refractivity (Wildman–Crippen MR) is 54.1 cm³/mol. The Morgan fingerprint density at radius 3 is 3.15 bits per heavy atom. The second kappa shape index (κ2) is 6.48. The molecule has 2 atom stereocenters. The highest BCUT2D eigenvalue weighted by molar-refractivity contribution is 7.79. The van der Waals surface area contributed by atoms with E-state index in [1.807, 2.05) is 0 Å². The van der Waals surface area contributed by atoms with E-state index < -0.39 is 11.1 Å². The van der Waals surface area contributed by atoms with Crippen LogP contribution in [0.5, 0.6) is 0 Å². The molecule has 1 rings (SSSR count). The maximum Gasteiger partial charge on any atom is 0.154 e. The van der Waals surface area contributed by atoms with Gasteiger partial charge >= 0.3 is 0 Å². The van der Waals surface area contributed by atoms with Gasteiger partial charge in [-0.1, -0.05) is 6.42 Å². The van der Waals surface area contributed by atoms with E-state index in [0.717, 1.165) is 13.1 Å². The molecule has 1 aliphatic heterocycles. The second-order valence-electron chi connectivity index (χ2n) is 3.38. The van der Waals surface area contributed by atoms with Crippen LogP contribution in [0.4, 0.5) is 0 Å². The minimum absolute atomic E-state index is 0.330. The zero-order chi connectivity index (χ0) is 9.52.